The second kappa shape index (κ2) is 8.55. The number of carbonyl (C=O) groups excluding carboxylic acids is 2. The van der Waals surface area contributed by atoms with Crippen molar-refractivity contribution < 1.29 is 19.1 Å². The molecule has 29 heavy (non-hydrogen) atoms. The van der Waals surface area contributed by atoms with Gasteiger partial charge in [0.1, 0.15) is 5.54 Å². The van der Waals surface area contributed by atoms with Gasteiger partial charge in [0, 0.05) is 17.1 Å². The zero-order valence-corrected chi connectivity index (χ0v) is 17.4. The SMILES string of the molecule is CCOC(=O)C1CC(C)(C(=O)OCC)Nc2c(C)cc(Nc3ccccc3)cc21. The number of nitrogens with one attached hydrogen (secondary N) is 2. The van der Waals surface area contributed by atoms with Gasteiger partial charge in [0.15, 0.2) is 0 Å². The third kappa shape index (κ3) is 4.36. The lowest BCUT2D eigenvalue weighted by molar-refractivity contribution is -0.150. The molecular formula is C23H28N2O4. The predicted molar refractivity (Wildman–Crippen MR) is 114 cm³/mol. The second-order valence-corrected chi connectivity index (χ2v) is 7.43. The highest BCUT2D eigenvalue weighted by atomic mass is 16.5. The van der Waals surface area contributed by atoms with E-state index in [4.69, 9.17) is 9.47 Å². The Morgan fingerprint density at radius 1 is 1.10 bits per heavy atom. The van der Waals surface area contributed by atoms with Gasteiger partial charge in [-0.25, -0.2) is 4.79 Å². The molecule has 0 saturated carbocycles. The average Bonchev–Trinajstić information content (AvgIpc) is 2.69. The highest BCUT2D eigenvalue weighted by Gasteiger charge is 2.45. The molecule has 0 radical (unpaired) electrons. The molecule has 154 valence electrons. The maximum Gasteiger partial charge on any atom is 0.331 e. The van der Waals surface area contributed by atoms with Gasteiger partial charge < -0.3 is 20.1 Å². The van der Waals surface area contributed by atoms with Gasteiger partial charge in [-0.3, -0.25) is 4.79 Å². The van der Waals surface area contributed by atoms with E-state index in [2.05, 4.69) is 10.6 Å². The molecule has 2 aromatic rings. The standard InChI is InChI=1S/C23H28N2O4/c1-5-28-21(26)19-14-23(4,22(27)29-6-2)25-20-15(3)12-17(13-18(19)20)24-16-10-8-7-9-11-16/h7-13,19,24-25H,5-6,14H2,1-4H3. The lowest BCUT2D eigenvalue weighted by Crippen LogP contribution is -2.50. The van der Waals surface area contributed by atoms with E-state index in [9.17, 15) is 9.59 Å². The number of para-hydroxylation sites is 1. The summed E-state index contributed by atoms with van der Waals surface area (Å²) >= 11 is 0. The van der Waals surface area contributed by atoms with E-state index in [1.807, 2.05) is 49.4 Å². The minimum absolute atomic E-state index is 0.270. The lowest BCUT2D eigenvalue weighted by Gasteiger charge is -2.39. The summed E-state index contributed by atoms with van der Waals surface area (Å²) in [6.07, 6.45) is 0.270. The number of rotatable bonds is 6. The first-order valence-electron chi connectivity index (χ1n) is 9.96. The van der Waals surface area contributed by atoms with Gasteiger partial charge in [-0.1, -0.05) is 18.2 Å². The molecule has 1 aliphatic rings. The quantitative estimate of drug-likeness (QED) is 0.699. The zero-order valence-electron chi connectivity index (χ0n) is 17.4. The summed E-state index contributed by atoms with van der Waals surface area (Å²) in [7, 11) is 0. The van der Waals surface area contributed by atoms with Crippen LogP contribution in [0.2, 0.25) is 0 Å². The maximum absolute atomic E-state index is 12.8. The third-order valence-corrected chi connectivity index (χ3v) is 5.11. The van der Waals surface area contributed by atoms with E-state index >= 15 is 0 Å². The summed E-state index contributed by atoms with van der Waals surface area (Å²) in [5.74, 6) is -1.26. The van der Waals surface area contributed by atoms with Crippen molar-refractivity contribution in [3.05, 3.63) is 53.6 Å². The molecule has 2 atom stereocenters. The van der Waals surface area contributed by atoms with Crippen molar-refractivity contribution in [3.63, 3.8) is 0 Å². The molecule has 0 bridgehead atoms. The van der Waals surface area contributed by atoms with Gasteiger partial charge in [0.05, 0.1) is 19.1 Å². The Morgan fingerprint density at radius 3 is 2.45 bits per heavy atom. The molecule has 1 heterocycles. The molecule has 0 aromatic heterocycles. The van der Waals surface area contributed by atoms with Gasteiger partial charge in [0.25, 0.3) is 0 Å². The Kier molecular flexibility index (Phi) is 6.11. The molecule has 2 aromatic carbocycles. The van der Waals surface area contributed by atoms with Crippen molar-refractivity contribution in [2.24, 2.45) is 0 Å². The summed E-state index contributed by atoms with van der Waals surface area (Å²) in [6, 6.07) is 13.8. The normalized spacial score (nSPS) is 20.2. The van der Waals surface area contributed by atoms with Crippen LogP contribution in [-0.2, 0) is 19.1 Å². The molecule has 0 aliphatic carbocycles. The van der Waals surface area contributed by atoms with E-state index in [0.29, 0.717) is 0 Å². The Balaban J connectivity index is 2.03. The number of hydrogen-bond acceptors (Lipinski definition) is 6. The van der Waals surface area contributed by atoms with Gasteiger partial charge in [-0.15, -0.1) is 0 Å². The van der Waals surface area contributed by atoms with Gasteiger partial charge in [-0.05, 0) is 69.5 Å². The number of fused-ring (bicyclic) bond motifs is 1. The van der Waals surface area contributed by atoms with Crippen LogP contribution in [0.4, 0.5) is 17.1 Å². The fourth-order valence-corrected chi connectivity index (χ4v) is 3.74. The van der Waals surface area contributed by atoms with Crippen LogP contribution in [0.1, 0.15) is 44.2 Å². The van der Waals surface area contributed by atoms with Crippen LogP contribution in [0.15, 0.2) is 42.5 Å². The van der Waals surface area contributed by atoms with Crippen LogP contribution in [-0.4, -0.2) is 30.7 Å². The molecule has 2 N–H and O–H groups in total. The van der Waals surface area contributed by atoms with E-state index in [1.165, 1.54) is 0 Å². The first-order valence-corrected chi connectivity index (χ1v) is 9.96. The van der Waals surface area contributed by atoms with Crippen LogP contribution >= 0.6 is 0 Å². The number of aryl methyl sites for hydroxylation is 1. The number of carbonyl (C=O) groups is 2. The minimum Gasteiger partial charge on any atom is -0.466 e. The Hall–Kier alpha value is -3.02. The van der Waals surface area contributed by atoms with Gasteiger partial charge >= 0.3 is 11.9 Å². The minimum atomic E-state index is -1.00. The molecular weight excluding hydrogens is 368 g/mol. The van der Waals surface area contributed by atoms with Crippen LogP contribution in [0.25, 0.3) is 0 Å². The number of hydrogen-bond donors (Lipinski definition) is 2. The van der Waals surface area contributed by atoms with Crippen LogP contribution in [0.5, 0.6) is 0 Å². The van der Waals surface area contributed by atoms with Gasteiger partial charge in [-0.2, -0.15) is 0 Å². The van der Waals surface area contributed by atoms with Crippen molar-refractivity contribution in [3.8, 4) is 0 Å². The van der Waals surface area contributed by atoms with Crippen molar-refractivity contribution in [2.45, 2.75) is 45.6 Å². The summed E-state index contributed by atoms with van der Waals surface area (Å²) in [6.45, 7) is 7.86. The van der Waals surface area contributed by atoms with E-state index in [-0.39, 0.29) is 31.6 Å². The van der Waals surface area contributed by atoms with E-state index < -0.39 is 11.5 Å². The molecule has 6 nitrogen and oxygen atoms in total. The molecule has 0 saturated heterocycles. The fraction of sp³-hybridized carbons (Fsp3) is 0.391. The average molecular weight is 396 g/mol. The zero-order chi connectivity index (χ0) is 21.0. The third-order valence-electron chi connectivity index (χ3n) is 5.11. The van der Waals surface area contributed by atoms with Crippen molar-refractivity contribution in [1.82, 2.24) is 0 Å². The molecule has 3 rings (SSSR count). The van der Waals surface area contributed by atoms with E-state index in [1.54, 1.807) is 20.8 Å². The fourth-order valence-electron chi connectivity index (χ4n) is 3.74. The molecule has 6 heteroatoms. The van der Waals surface area contributed by atoms with Crippen molar-refractivity contribution >= 4 is 29.0 Å². The lowest BCUT2D eigenvalue weighted by atomic mass is 9.78. The molecule has 0 fully saturated rings. The summed E-state index contributed by atoms with van der Waals surface area (Å²) in [5.41, 5.74) is 3.38. The maximum atomic E-state index is 12.8. The number of esters is 2. The number of ether oxygens (including phenoxy) is 2. The summed E-state index contributed by atoms with van der Waals surface area (Å²) < 4.78 is 10.6. The Labute approximate surface area is 171 Å². The van der Waals surface area contributed by atoms with Crippen LogP contribution < -0.4 is 10.6 Å². The van der Waals surface area contributed by atoms with Crippen molar-refractivity contribution in [2.75, 3.05) is 23.8 Å². The monoisotopic (exact) mass is 396 g/mol. The Bertz CT molecular complexity index is 897. The predicted octanol–water partition coefficient (Wildman–Crippen LogP) is 4.52. The molecule has 0 amide bonds. The van der Waals surface area contributed by atoms with Crippen LogP contribution in [0, 0.1) is 6.92 Å². The highest BCUT2D eigenvalue weighted by molar-refractivity contribution is 5.91. The number of benzene rings is 2. The second-order valence-electron chi connectivity index (χ2n) is 7.43. The molecule has 2 unspecified atom stereocenters. The van der Waals surface area contributed by atoms with Crippen molar-refractivity contribution in [1.29, 1.82) is 0 Å². The summed E-state index contributed by atoms with van der Waals surface area (Å²) in [4.78, 5) is 25.4. The highest BCUT2D eigenvalue weighted by Crippen LogP contribution is 2.43. The largest absolute Gasteiger partial charge is 0.466 e. The first-order chi connectivity index (χ1) is 13.9. The smallest absolute Gasteiger partial charge is 0.331 e. The van der Waals surface area contributed by atoms with Crippen LogP contribution in [0.3, 0.4) is 0 Å². The first kappa shape index (κ1) is 20.7. The van der Waals surface area contributed by atoms with Gasteiger partial charge in [0.2, 0.25) is 0 Å². The molecule has 0 spiro atoms. The molecule has 1 aliphatic heterocycles. The summed E-state index contributed by atoms with van der Waals surface area (Å²) in [5, 5.41) is 6.71. The topological polar surface area (TPSA) is 76.7 Å². The Morgan fingerprint density at radius 2 is 1.79 bits per heavy atom. The number of anilines is 3. The van der Waals surface area contributed by atoms with E-state index in [0.717, 1.165) is 28.2 Å².